The van der Waals surface area contributed by atoms with Crippen LogP contribution >= 0.6 is 0 Å². The minimum atomic E-state index is -8.01. The van der Waals surface area contributed by atoms with Gasteiger partial charge in [-0.1, -0.05) is 20.1 Å². The Morgan fingerprint density at radius 1 is 0.902 bits per heavy atom. The molecule has 1 amide bonds. The maximum atomic E-state index is 13.4. The number of halogens is 13. The van der Waals surface area contributed by atoms with Crippen LogP contribution < -0.4 is 5.73 Å². The van der Waals surface area contributed by atoms with E-state index >= 15 is 0 Å². The Bertz CT molecular complexity index is 1060. The lowest BCUT2D eigenvalue weighted by atomic mass is 9.91. The van der Waals surface area contributed by atoms with Crippen molar-refractivity contribution < 1.29 is 89.5 Å². The molecule has 0 heterocycles. The van der Waals surface area contributed by atoms with Crippen LogP contribution in [-0.2, 0) is 24.4 Å². The monoisotopic (exact) mass is 655 g/mol. The first-order chi connectivity index (χ1) is 17.8. The average molecular weight is 655 g/mol. The Labute approximate surface area is 222 Å². The maximum Gasteiger partial charge on any atom is 0.460 e. The molecule has 0 fully saturated rings. The van der Waals surface area contributed by atoms with Crippen LogP contribution in [0.5, 0.6) is 0 Å². The van der Waals surface area contributed by atoms with Crippen LogP contribution in [0, 0.1) is 5.92 Å². The molecule has 0 saturated heterocycles. The Morgan fingerprint density at radius 2 is 1.32 bits per heavy atom. The molecule has 0 aliphatic rings. The Balaban J connectivity index is 0. The summed E-state index contributed by atoms with van der Waals surface area (Å²) in [7, 11) is -3.99. The highest BCUT2D eigenvalue weighted by atomic mass is 32.2. The number of aliphatic hydroxyl groups excluding tert-OH is 1. The molecule has 8 nitrogen and oxygen atoms in total. The number of carbonyl (C=O) groups is 2. The number of esters is 1. The van der Waals surface area contributed by atoms with E-state index in [0.29, 0.717) is 6.08 Å². The summed E-state index contributed by atoms with van der Waals surface area (Å²) in [5.74, 6) is -40.5. The van der Waals surface area contributed by atoms with E-state index in [0.717, 1.165) is 0 Å². The first-order valence-electron chi connectivity index (χ1n) is 10.2. The fraction of sp³-hybridized carbons (Fsp3) is 0.684. The lowest BCUT2D eigenvalue weighted by Gasteiger charge is -2.40. The number of hydrogen-bond acceptors (Lipinski definition) is 6. The highest BCUT2D eigenvalue weighted by Crippen LogP contribution is 2.60. The van der Waals surface area contributed by atoms with Gasteiger partial charge in [0, 0.05) is 18.1 Å². The normalized spacial score (nSPS) is 15.2. The highest BCUT2D eigenvalue weighted by molar-refractivity contribution is 7.85. The van der Waals surface area contributed by atoms with Gasteiger partial charge in [-0.25, -0.2) is 4.79 Å². The number of primary amides is 1. The van der Waals surface area contributed by atoms with Crippen LogP contribution in [0.4, 0.5) is 57.1 Å². The third-order valence-electron chi connectivity index (χ3n) is 4.51. The van der Waals surface area contributed by atoms with Crippen molar-refractivity contribution in [3.63, 3.8) is 0 Å². The molecule has 2 unspecified atom stereocenters. The summed E-state index contributed by atoms with van der Waals surface area (Å²) in [6, 6.07) is 0. The van der Waals surface area contributed by atoms with E-state index in [1.807, 2.05) is 0 Å². The molecule has 41 heavy (non-hydrogen) atoms. The molecular weight excluding hydrogens is 633 g/mol. The summed E-state index contributed by atoms with van der Waals surface area (Å²) < 4.78 is 200. The topological polar surface area (TPSA) is 144 Å². The number of amides is 1. The predicted molar refractivity (Wildman–Crippen MR) is 111 cm³/mol. The second-order valence-corrected chi connectivity index (χ2v) is 9.71. The molecule has 0 rings (SSSR count). The zero-order chi connectivity index (χ0) is 33.6. The molecule has 0 spiro atoms. The Kier molecular flexibility index (Phi) is 13.4. The van der Waals surface area contributed by atoms with Crippen molar-refractivity contribution in [3.8, 4) is 0 Å². The van der Waals surface area contributed by atoms with Gasteiger partial charge in [-0.15, -0.1) is 0 Å². The summed E-state index contributed by atoms with van der Waals surface area (Å²) in [6.07, 6.45) is -12.7. The molecule has 0 radical (unpaired) electrons. The molecule has 0 aromatic rings. The summed E-state index contributed by atoms with van der Waals surface area (Å²) >= 11 is 0. The van der Waals surface area contributed by atoms with E-state index in [-0.39, 0.29) is 23.7 Å². The van der Waals surface area contributed by atoms with Crippen LogP contribution in [0.1, 0.15) is 19.8 Å². The van der Waals surface area contributed by atoms with Crippen molar-refractivity contribution >= 4 is 22.0 Å². The van der Waals surface area contributed by atoms with Gasteiger partial charge < -0.3 is 15.6 Å². The van der Waals surface area contributed by atoms with E-state index in [1.165, 1.54) is 0 Å². The largest absolute Gasteiger partial charge is 0.460 e. The van der Waals surface area contributed by atoms with E-state index in [9.17, 15) is 75.1 Å². The standard InChI is InChI=1S/C12H9F13O3.C7H13NO4S/c1-2-6(27)28-4-5(26)3-7(13,14)8(15,16)9(17,18)10(19,20)11(21,22)12(23,24)25;1-5(4-13(10,11)12)3-6(2)7(8)9/h2,5,26H,1,3-4H2;5H,2-4H2,1H3,(H2,8,9)(H,10,11,12). The summed E-state index contributed by atoms with van der Waals surface area (Å²) in [4.78, 5) is 21.1. The highest BCUT2D eigenvalue weighted by Gasteiger charge is 2.90. The van der Waals surface area contributed by atoms with Crippen LogP contribution in [0.15, 0.2) is 24.8 Å². The van der Waals surface area contributed by atoms with Gasteiger partial charge in [0.25, 0.3) is 10.1 Å². The molecule has 0 aromatic carbocycles. The van der Waals surface area contributed by atoms with E-state index in [4.69, 9.17) is 15.4 Å². The van der Waals surface area contributed by atoms with Gasteiger partial charge >= 0.3 is 41.8 Å². The van der Waals surface area contributed by atoms with Crippen LogP contribution in [0.25, 0.3) is 0 Å². The fourth-order valence-electron chi connectivity index (χ4n) is 2.46. The number of hydrogen-bond donors (Lipinski definition) is 3. The number of rotatable bonds is 14. The van der Waals surface area contributed by atoms with Crippen molar-refractivity contribution in [1.82, 2.24) is 0 Å². The Hall–Kier alpha value is -2.62. The summed E-state index contributed by atoms with van der Waals surface area (Å²) in [5.41, 5.74) is 5.06. The second-order valence-electron chi connectivity index (χ2n) is 8.22. The van der Waals surface area contributed by atoms with Gasteiger partial charge in [-0.3, -0.25) is 9.35 Å². The fourth-order valence-corrected chi connectivity index (χ4v) is 3.30. The molecule has 0 aliphatic carbocycles. The van der Waals surface area contributed by atoms with Crippen molar-refractivity contribution in [3.05, 3.63) is 24.8 Å². The molecule has 22 heteroatoms. The Morgan fingerprint density at radius 3 is 1.66 bits per heavy atom. The van der Waals surface area contributed by atoms with Crippen molar-refractivity contribution in [2.24, 2.45) is 11.7 Å². The lowest BCUT2D eigenvalue weighted by molar-refractivity contribution is -0.440. The van der Waals surface area contributed by atoms with Gasteiger partial charge in [-0.2, -0.15) is 65.5 Å². The quantitative estimate of drug-likeness (QED) is 0.110. The molecule has 4 N–H and O–H groups in total. The molecule has 0 saturated carbocycles. The molecule has 2 atom stereocenters. The first kappa shape index (κ1) is 40.5. The molecule has 0 aromatic heterocycles. The van der Waals surface area contributed by atoms with Crippen LogP contribution in [-0.4, -0.2) is 84.2 Å². The van der Waals surface area contributed by atoms with Gasteiger partial charge in [0.1, 0.15) is 6.61 Å². The smallest absolute Gasteiger partial charge is 0.460 e. The number of carbonyl (C=O) groups excluding carboxylic acids is 2. The van der Waals surface area contributed by atoms with Crippen molar-refractivity contribution in [1.29, 1.82) is 0 Å². The van der Waals surface area contributed by atoms with Crippen molar-refractivity contribution in [2.75, 3.05) is 12.4 Å². The van der Waals surface area contributed by atoms with Gasteiger partial charge in [0.2, 0.25) is 5.91 Å². The van der Waals surface area contributed by atoms with E-state index in [2.05, 4.69) is 17.9 Å². The van der Waals surface area contributed by atoms with Crippen molar-refractivity contribution in [2.45, 2.75) is 61.7 Å². The van der Waals surface area contributed by atoms with Gasteiger partial charge in [0.05, 0.1) is 11.9 Å². The molecule has 242 valence electrons. The zero-order valence-electron chi connectivity index (χ0n) is 20.3. The molecule has 0 bridgehead atoms. The van der Waals surface area contributed by atoms with Crippen LogP contribution in [0.3, 0.4) is 0 Å². The average Bonchev–Trinajstić information content (AvgIpc) is 2.74. The number of aliphatic hydroxyl groups is 1. The third-order valence-corrected chi connectivity index (χ3v) is 5.50. The maximum absolute atomic E-state index is 13.4. The zero-order valence-corrected chi connectivity index (χ0v) is 21.1. The third kappa shape index (κ3) is 10.3. The van der Waals surface area contributed by atoms with E-state index < -0.39 is 76.9 Å². The number of alkyl halides is 13. The first-order valence-corrected chi connectivity index (χ1v) is 11.8. The van der Waals surface area contributed by atoms with Gasteiger partial charge in [0.15, 0.2) is 0 Å². The molecular formula is C19H22F13NO7S. The van der Waals surface area contributed by atoms with Crippen LogP contribution in [0.2, 0.25) is 0 Å². The van der Waals surface area contributed by atoms with E-state index in [1.54, 1.807) is 6.92 Å². The number of ether oxygens (including phenoxy) is 1. The predicted octanol–water partition coefficient (Wildman–Crippen LogP) is 4.15. The lowest BCUT2D eigenvalue weighted by Crippen LogP contribution is -2.70. The minimum absolute atomic E-state index is 0.163. The number of nitrogens with two attached hydrogens (primary N) is 1. The summed E-state index contributed by atoms with van der Waals surface area (Å²) in [5, 5.41) is 8.96. The minimum Gasteiger partial charge on any atom is -0.460 e. The summed E-state index contributed by atoms with van der Waals surface area (Å²) in [6.45, 7) is 6.17. The SMILES string of the molecule is C=C(CC(C)CS(=O)(=O)O)C(N)=O.C=CC(=O)OCC(O)CC(F)(F)C(F)(F)C(F)(F)C(F)(F)C(F)(F)C(F)(F)F. The van der Waals surface area contributed by atoms with Gasteiger partial charge in [-0.05, 0) is 12.3 Å². The molecule has 0 aliphatic heterocycles. The second kappa shape index (κ2) is 13.6.